The molecule has 0 bridgehead atoms. The SMILES string of the molecule is CCOC(=O)c1cc(-c2ccc(Cl)cc2Cl)c(C(=O)OCC)cc1C1=C(c2ccccc2)C=C=CC=C1. The fraction of sp³-hybridized carbons (Fsp3) is 0.129. The fourth-order valence-corrected chi connectivity index (χ4v) is 4.61. The smallest absolute Gasteiger partial charge is 0.338 e. The van der Waals surface area contributed by atoms with Crippen LogP contribution in [0.3, 0.4) is 0 Å². The van der Waals surface area contributed by atoms with Crippen LogP contribution >= 0.6 is 23.2 Å². The first-order valence-electron chi connectivity index (χ1n) is 11.8. The lowest BCUT2D eigenvalue weighted by Gasteiger charge is -2.18. The zero-order chi connectivity index (χ0) is 26.4. The van der Waals surface area contributed by atoms with Crippen LogP contribution in [0.4, 0.5) is 0 Å². The molecule has 1 aliphatic rings. The van der Waals surface area contributed by atoms with Gasteiger partial charge in [-0.05, 0) is 78.1 Å². The Kier molecular flexibility index (Phi) is 8.47. The molecule has 1 aliphatic carbocycles. The summed E-state index contributed by atoms with van der Waals surface area (Å²) in [5, 5.41) is 0.792. The third kappa shape index (κ3) is 5.79. The molecule has 0 heterocycles. The minimum absolute atomic E-state index is 0.187. The number of carbonyl (C=O) groups excluding carboxylic acids is 2. The van der Waals surface area contributed by atoms with Crippen LogP contribution in [-0.4, -0.2) is 25.2 Å². The molecule has 0 amide bonds. The monoisotopic (exact) mass is 530 g/mol. The van der Waals surface area contributed by atoms with Gasteiger partial charge in [-0.3, -0.25) is 0 Å². The van der Waals surface area contributed by atoms with E-state index in [2.05, 4.69) is 5.73 Å². The van der Waals surface area contributed by atoms with E-state index in [1.54, 1.807) is 50.3 Å². The summed E-state index contributed by atoms with van der Waals surface area (Å²) in [6, 6.07) is 18.1. The van der Waals surface area contributed by atoms with Crippen LogP contribution < -0.4 is 0 Å². The van der Waals surface area contributed by atoms with Gasteiger partial charge in [-0.25, -0.2) is 9.59 Å². The van der Waals surface area contributed by atoms with Crippen LogP contribution in [0.1, 0.15) is 45.7 Å². The Morgan fingerprint density at radius 3 is 2.08 bits per heavy atom. The van der Waals surface area contributed by atoms with E-state index in [1.807, 2.05) is 48.6 Å². The zero-order valence-electron chi connectivity index (χ0n) is 20.4. The van der Waals surface area contributed by atoms with E-state index in [0.29, 0.717) is 32.3 Å². The van der Waals surface area contributed by atoms with Crippen molar-refractivity contribution in [1.82, 2.24) is 0 Å². The van der Waals surface area contributed by atoms with Crippen LogP contribution in [0.25, 0.3) is 22.3 Å². The molecule has 3 aromatic carbocycles. The van der Waals surface area contributed by atoms with Gasteiger partial charge in [0, 0.05) is 15.6 Å². The number of hydrogen-bond acceptors (Lipinski definition) is 4. The summed E-state index contributed by atoms with van der Waals surface area (Å²) in [4.78, 5) is 26.5. The summed E-state index contributed by atoms with van der Waals surface area (Å²) >= 11 is 12.7. The second-order valence-electron chi connectivity index (χ2n) is 8.04. The zero-order valence-corrected chi connectivity index (χ0v) is 21.9. The van der Waals surface area contributed by atoms with E-state index in [4.69, 9.17) is 32.7 Å². The van der Waals surface area contributed by atoms with E-state index in [9.17, 15) is 9.59 Å². The maximum absolute atomic E-state index is 13.3. The van der Waals surface area contributed by atoms with Gasteiger partial charge in [-0.15, -0.1) is 5.73 Å². The molecule has 0 N–H and O–H groups in total. The lowest BCUT2D eigenvalue weighted by Crippen LogP contribution is -2.13. The second kappa shape index (κ2) is 11.9. The first kappa shape index (κ1) is 26.2. The van der Waals surface area contributed by atoms with Crippen molar-refractivity contribution < 1.29 is 19.1 Å². The molecule has 0 saturated heterocycles. The number of carbonyl (C=O) groups is 2. The first-order chi connectivity index (χ1) is 17.9. The van der Waals surface area contributed by atoms with Crippen LogP contribution in [0, 0.1) is 0 Å². The molecule has 0 unspecified atom stereocenters. The summed E-state index contributed by atoms with van der Waals surface area (Å²) < 4.78 is 10.8. The van der Waals surface area contributed by atoms with Gasteiger partial charge in [0.25, 0.3) is 0 Å². The van der Waals surface area contributed by atoms with Gasteiger partial charge in [-0.1, -0.05) is 71.8 Å². The molecule has 0 saturated carbocycles. The molecule has 0 atom stereocenters. The van der Waals surface area contributed by atoms with Gasteiger partial charge in [-0.2, -0.15) is 0 Å². The van der Waals surface area contributed by atoms with Gasteiger partial charge < -0.3 is 9.47 Å². The molecule has 4 rings (SSSR count). The molecule has 3 aromatic rings. The molecule has 4 nitrogen and oxygen atoms in total. The first-order valence-corrected chi connectivity index (χ1v) is 12.6. The molecule has 37 heavy (non-hydrogen) atoms. The Balaban J connectivity index is 2.08. The number of halogens is 2. The average Bonchev–Trinajstić information content (AvgIpc) is 3.15. The lowest BCUT2D eigenvalue weighted by molar-refractivity contribution is 0.0512. The van der Waals surface area contributed by atoms with E-state index in [0.717, 1.165) is 16.7 Å². The highest BCUT2D eigenvalue weighted by atomic mass is 35.5. The molecule has 0 aromatic heterocycles. The minimum atomic E-state index is -0.534. The summed E-state index contributed by atoms with van der Waals surface area (Å²) in [5.41, 5.74) is 7.72. The number of hydrogen-bond donors (Lipinski definition) is 0. The van der Waals surface area contributed by atoms with Crippen molar-refractivity contribution in [2.75, 3.05) is 13.2 Å². The number of rotatable bonds is 7. The second-order valence-corrected chi connectivity index (χ2v) is 8.88. The van der Waals surface area contributed by atoms with Crippen molar-refractivity contribution in [2.24, 2.45) is 0 Å². The van der Waals surface area contributed by atoms with Crippen LogP contribution in [0.5, 0.6) is 0 Å². The molecule has 6 heteroatoms. The molecule has 0 spiro atoms. The van der Waals surface area contributed by atoms with Gasteiger partial charge in [0.1, 0.15) is 0 Å². The summed E-state index contributed by atoms with van der Waals surface area (Å²) in [7, 11) is 0. The Morgan fingerprint density at radius 1 is 0.784 bits per heavy atom. The predicted octanol–water partition coefficient (Wildman–Crippen LogP) is 8.21. The predicted molar refractivity (Wildman–Crippen MR) is 149 cm³/mol. The molecule has 186 valence electrons. The van der Waals surface area contributed by atoms with Crippen molar-refractivity contribution in [3.8, 4) is 11.1 Å². The largest absolute Gasteiger partial charge is 0.462 e. The fourth-order valence-electron chi connectivity index (χ4n) is 4.10. The van der Waals surface area contributed by atoms with Crippen molar-refractivity contribution >= 4 is 46.3 Å². The highest BCUT2D eigenvalue weighted by Gasteiger charge is 2.25. The lowest BCUT2D eigenvalue weighted by atomic mass is 9.87. The molecule has 0 radical (unpaired) electrons. The summed E-state index contributed by atoms with van der Waals surface area (Å²) in [5.74, 6) is -1.05. The molecule has 0 fully saturated rings. The quantitative estimate of drug-likeness (QED) is 0.228. The van der Waals surface area contributed by atoms with Crippen LogP contribution in [0.2, 0.25) is 10.0 Å². The van der Waals surface area contributed by atoms with Crippen molar-refractivity contribution in [3.63, 3.8) is 0 Å². The summed E-state index contributed by atoms with van der Waals surface area (Å²) in [6.07, 6.45) is 7.37. The third-order valence-corrected chi connectivity index (χ3v) is 6.27. The number of allylic oxidation sites excluding steroid dienone is 5. The normalized spacial score (nSPS) is 12.4. The Hall–Kier alpha value is -3.82. The van der Waals surface area contributed by atoms with Crippen molar-refractivity contribution in [3.05, 3.63) is 123 Å². The van der Waals surface area contributed by atoms with Gasteiger partial charge in [0.05, 0.1) is 24.3 Å². The average molecular weight is 531 g/mol. The maximum atomic E-state index is 13.3. The van der Waals surface area contributed by atoms with Crippen molar-refractivity contribution in [2.45, 2.75) is 13.8 Å². The topological polar surface area (TPSA) is 52.6 Å². The van der Waals surface area contributed by atoms with Crippen LogP contribution in [0.15, 0.2) is 90.7 Å². The highest BCUT2D eigenvalue weighted by Crippen LogP contribution is 2.39. The Labute approximate surface area is 226 Å². The summed E-state index contributed by atoms with van der Waals surface area (Å²) in [6.45, 7) is 3.86. The minimum Gasteiger partial charge on any atom is -0.462 e. The molecular weight excluding hydrogens is 507 g/mol. The number of esters is 2. The van der Waals surface area contributed by atoms with Crippen LogP contribution in [-0.2, 0) is 9.47 Å². The Bertz CT molecular complexity index is 1480. The molecule has 0 aliphatic heterocycles. The maximum Gasteiger partial charge on any atom is 0.338 e. The van der Waals surface area contributed by atoms with Gasteiger partial charge in [0.2, 0.25) is 0 Å². The Morgan fingerprint density at radius 2 is 1.43 bits per heavy atom. The number of ether oxygens (including phenoxy) is 2. The van der Waals surface area contributed by atoms with E-state index >= 15 is 0 Å². The molecular formula is C31H24Cl2O4. The highest BCUT2D eigenvalue weighted by molar-refractivity contribution is 6.36. The van der Waals surface area contributed by atoms with E-state index in [-0.39, 0.29) is 18.8 Å². The van der Waals surface area contributed by atoms with Crippen molar-refractivity contribution in [1.29, 1.82) is 0 Å². The third-order valence-electron chi connectivity index (χ3n) is 5.72. The van der Waals surface area contributed by atoms with Gasteiger partial charge in [0.15, 0.2) is 0 Å². The van der Waals surface area contributed by atoms with Gasteiger partial charge >= 0.3 is 11.9 Å². The van der Waals surface area contributed by atoms with E-state index in [1.165, 1.54) is 0 Å². The number of benzene rings is 3. The standard InChI is InChI=1S/C31H24Cl2O4/c1-3-36-30(34)27-19-26(24-16-15-21(32)17-29(24)33)28(31(35)37-4-2)18-25(27)23-14-10-6-9-13-22(23)20-11-7-5-8-12-20/h5-8,10-19H,3-4H2,1-2H3. The van der Waals surface area contributed by atoms with E-state index < -0.39 is 11.9 Å².